The molecule has 1 aliphatic rings. The predicted octanol–water partition coefficient (Wildman–Crippen LogP) is 2.18. The maximum atomic E-state index is 11.9. The van der Waals surface area contributed by atoms with Crippen molar-refractivity contribution in [2.24, 2.45) is 5.92 Å². The Morgan fingerprint density at radius 2 is 2.14 bits per heavy atom. The molecule has 0 saturated carbocycles. The highest BCUT2D eigenvalue weighted by Gasteiger charge is 2.29. The lowest BCUT2D eigenvalue weighted by Crippen LogP contribution is -2.50. The van der Waals surface area contributed by atoms with Gasteiger partial charge in [0.25, 0.3) is 0 Å². The number of likely N-dealkylation sites (tertiary alicyclic amines) is 1. The summed E-state index contributed by atoms with van der Waals surface area (Å²) >= 11 is 0. The first-order valence-corrected chi connectivity index (χ1v) is 5.59. The van der Waals surface area contributed by atoms with E-state index in [0.717, 1.165) is 19.5 Å². The third-order valence-electron chi connectivity index (χ3n) is 3.42. The Labute approximate surface area is 87.1 Å². The van der Waals surface area contributed by atoms with Crippen LogP contribution in [0.1, 0.15) is 33.6 Å². The summed E-state index contributed by atoms with van der Waals surface area (Å²) in [6.45, 7) is 8.11. The summed E-state index contributed by atoms with van der Waals surface area (Å²) in [6, 6.07) is 0.580. The fourth-order valence-electron chi connectivity index (χ4n) is 1.96. The number of nitrogens with zero attached hydrogens (tertiary/aromatic N) is 2. The summed E-state index contributed by atoms with van der Waals surface area (Å²) < 4.78 is 0. The van der Waals surface area contributed by atoms with Gasteiger partial charge in [-0.2, -0.15) is 0 Å². The second-order valence-electron chi connectivity index (χ2n) is 4.35. The molecule has 1 saturated heterocycles. The third-order valence-corrected chi connectivity index (χ3v) is 3.42. The second kappa shape index (κ2) is 4.67. The fraction of sp³-hybridized carbons (Fsp3) is 0.909. The molecule has 1 heterocycles. The first-order valence-electron chi connectivity index (χ1n) is 5.59. The molecule has 1 aliphatic heterocycles. The molecule has 0 aliphatic carbocycles. The minimum absolute atomic E-state index is 0.187. The molecule has 0 aromatic heterocycles. The van der Waals surface area contributed by atoms with Gasteiger partial charge in [0.1, 0.15) is 0 Å². The van der Waals surface area contributed by atoms with Crippen LogP contribution in [-0.4, -0.2) is 42.0 Å². The summed E-state index contributed by atoms with van der Waals surface area (Å²) in [7, 11) is 1.87. The molecule has 0 aromatic rings. The van der Waals surface area contributed by atoms with Gasteiger partial charge in [-0.25, -0.2) is 4.79 Å². The van der Waals surface area contributed by atoms with E-state index in [1.54, 1.807) is 4.90 Å². The molecule has 82 valence electrons. The van der Waals surface area contributed by atoms with Gasteiger partial charge in [0.05, 0.1) is 0 Å². The van der Waals surface area contributed by atoms with Gasteiger partial charge in [-0.05, 0) is 32.6 Å². The smallest absolute Gasteiger partial charge is 0.319 e. The number of rotatable bonds is 1. The van der Waals surface area contributed by atoms with Crippen LogP contribution in [-0.2, 0) is 0 Å². The molecule has 0 aromatic carbocycles. The van der Waals surface area contributed by atoms with E-state index in [4.69, 9.17) is 0 Å². The molecule has 1 rings (SSSR count). The van der Waals surface area contributed by atoms with Crippen molar-refractivity contribution in [2.45, 2.75) is 39.7 Å². The van der Waals surface area contributed by atoms with Gasteiger partial charge in [0.15, 0.2) is 0 Å². The van der Waals surface area contributed by atoms with Gasteiger partial charge in [-0.1, -0.05) is 6.92 Å². The Morgan fingerprint density at radius 3 is 2.71 bits per heavy atom. The Hall–Kier alpha value is -0.730. The Balaban J connectivity index is 2.62. The van der Waals surface area contributed by atoms with Gasteiger partial charge in [0.2, 0.25) is 0 Å². The highest BCUT2D eigenvalue weighted by atomic mass is 16.2. The summed E-state index contributed by atoms with van der Waals surface area (Å²) in [6.07, 6.45) is 2.40. The standard InChI is InChI=1S/C11H22N2O/c1-5-12(4)11(14)13-8-6-7-9(2)10(13)3/h9-10H,5-8H2,1-4H3. The fourth-order valence-corrected chi connectivity index (χ4v) is 1.96. The van der Waals surface area contributed by atoms with Gasteiger partial charge in [-0.3, -0.25) is 0 Å². The lowest BCUT2D eigenvalue weighted by Gasteiger charge is -2.39. The van der Waals surface area contributed by atoms with E-state index in [9.17, 15) is 4.79 Å². The maximum absolute atomic E-state index is 11.9. The number of piperidine rings is 1. The largest absolute Gasteiger partial charge is 0.328 e. The maximum Gasteiger partial charge on any atom is 0.319 e. The molecule has 1 fully saturated rings. The highest BCUT2D eigenvalue weighted by molar-refractivity contribution is 5.74. The molecule has 0 spiro atoms. The van der Waals surface area contributed by atoms with E-state index in [1.807, 2.05) is 18.9 Å². The first-order chi connectivity index (χ1) is 6.57. The van der Waals surface area contributed by atoms with Crippen molar-refractivity contribution in [1.82, 2.24) is 9.80 Å². The molecule has 0 N–H and O–H groups in total. The van der Waals surface area contributed by atoms with E-state index in [-0.39, 0.29) is 6.03 Å². The Morgan fingerprint density at radius 1 is 1.50 bits per heavy atom. The third kappa shape index (κ3) is 2.20. The van der Waals surface area contributed by atoms with Crippen LogP contribution in [0.25, 0.3) is 0 Å². The minimum atomic E-state index is 0.187. The van der Waals surface area contributed by atoms with Crippen molar-refractivity contribution in [1.29, 1.82) is 0 Å². The molecule has 3 heteroatoms. The number of carbonyl (C=O) groups is 1. The number of carbonyl (C=O) groups excluding carboxylic acids is 1. The van der Waals surface area contributed by atoms with Crippen LogP contribution in [0.2, 0.25) is 0 Å². The number of urea groups is 1. The van der Waals surface area contributed by atoms with Crippen molar-refractivity contribution in [3.8, 4) is 0 Å². The molecular weight excluding hydrogens is 176 g/mol. The molecule has 2 unspecified atom stereocenters. The topological polar surface area (TPSA) is 23.6 Å². The average molecular weight is 198 g/mol. The van der Waals surface area contributed by atoms with Crippen LogP contribution in [0.4, 0.5) is 4.79 Å². The van der Waals surface area contributed by atoms with Crippen molar-refractivity contribution in [3.63, 3.8) is 0 Å². The summed E-state index contributed by atoms with van der Waals surface area (Å²) in [4.78, 5) is 15.7. The highest BCUT2D eigenvalue weighted by Crippen LogP contribution is 2.23. The zero-order valence-corrected chi connectivity index (χ0v) is 9.79. The summed E-state index contributed by atoms with van der Waals surface area (Å²) in [5.74, 6) is 0.637. The van der Waals surface area contributed by atoms with Crippen LogP contribution in [0.5, 0.6) is 0 Å². The van der Waals surface area contributed by atoms with E-state index in [0.29, 0.717) is 12.0 Å². The Bertz CT molecular complexity index is 205. The van der Waals surface area contributed by atoms with Crippen LogP contribution in [0.3, 0.4) is 0 Å². The molecule has 2 atom stereocenters. The van der Waals surface area contributed by atoms with Gasteiger partial charge < -0.3 is 9.80 Å². The van der Waals surface area contributed by atoms with Crippen LogP contribution >= 0.6 is 0 Å². The molecule has 14 heavy (non-hydrogen) atoms. The van der Waals surface area contributed by atoms with Crippen LogP contribution in [0.15, 0.2) is 0 Å². The lowest BCUT2D eigenvalue weighted by molar-refractivity contribution is 0.106. The van der Waals surface area contributed by atoms with E-state index in [2.05, 4.69) is 13.8 Å². The average Bonchev–Trinajstić information content (AvgIpc) is 2.20. The van der Waals surface area contributed by atoms with Gasteiger partial charge >= 0.3 is 6.03 Å². The molecular formula is C11H22N2O. The van der Waals surface area contributed by atoms with Gasteiger partial charge in [0, 0.05) is 26.2 Å². The summed E-state index contributed by atoms with van der Waals surface area (Å²) in [5, 5.41) is 0. The molecule has 3 nitrogen and oxygen atoms in total. The lowest BCUT2D eigenvalue weighted by atomic mass is 9.92. The molecule has 0 bridgehead atoms. The number of hydrogen-bond acceptors (Lipinski definition) is 1. The van der Waals surface area contributed by atoms with Crippen LogP contribution < -0.4 is 0 Å². The first kappa shape index (κ1) is 11.3. The summed E-state index contributed by atoms with van der Waals surface area (Å²) in [5.41, 5.74) is 0. The molecule has 0 radical (unpaired) electrons. The zero-order valence-electron chi connectivity index (χ0n) is 9.79. The van der Waals surface area contributed by atoms with Gasteiger partial charge in [-0.15, -0.1) is 0 Å². The monoisotopic (exact) mass is 198 g/mol. The van der Waals surface area contributed by atoms with Crippen molar-refractivity contribution in [3.05, 3.63) is 0 Å². The van der Waals surface area contributed by atoms with E-state index in [1.165, 1.54) is 6.42 Å². The van der Waals surface area contributed by atoms with Crippen molar-refractivity contribution < 1.29 is 4.79 Å². The normalized spacial score (nSPS) is 27.6. The SMILES string of the molecule is CCN(C)C(=O)N1CCCC(C)C1C. The predicted molar refractivity (Wildman–Crippen MR) is 58.3 cm³/mol. The number of hydrogen-bond donors (Lipinski definition) is 0. The second-order valence-corrected chi connectivity index (χ2v) is 4.35. The Kier molecular flexibility index (Phi) is 3.78. The van der Waals surface area contributed by atoms with E-state index < -0.39 is 0 Å². The number of amides is 2. The zero-order chi connectivity index (χ0) is 10.7. The molecule has 2 amide bonds. The van der Waals surface area contributed by atoms with Crippen molar-refractivity contribution >= 4 is 6.03 Å². The van der Waals surface area contributed by atoms with Crippen LogP contribution in [0, 0.1) is 5.92 Å². The quantitative estimate of drug-likeness (QED) is 0.633. The minimum Gasteiger partial charge on any atom is -0.328 e. The van der Waals surface area contributed by atoms with E-state index >= 15 is 0 Å². The van der Waals surface area contributed by atoms with Crippen molar-refractivity contribution in [2.75, 3.05) is 20.1 Å².